The van der Waals surface area contributed by atoms with Crippen LogP contribution in [0.2, 0.25) is 0 Å². The third kappa shape index (κ3) is 4.55. The van der Waals surface area contributed by atoms with Crippen molar-refractivity contribution < 1.29 is 4.74 Å². The number of hydrogen-bond acceptors (Lipinski definition) is 4. The first-order valence-corrected chi connectivity index (χ1v) is 7.09. The second-order valence-electron chi connectivity index (χ2n) is 5.35. The molecule has 112 valence electrons. The van der Waals surface area contributed by atoms with Crippen LogP contribution in [0.5, 0.6) is 5.75 Å². The van der Waals surface area contributed by atoms with Gasteiger partial charge in [0.15, 0.2) is 0 Å². The first-order chi connectivity index (χ1) is 10.1. The molecule has 2 N–H and O–H groups in total. The lowest BCUT2D eigenvalue weighted by molar-refractivity contribution is 0.301. The summed E-state index contributed by atoms with van der Waals surface area (Å²) in [6.07, 6.45) is 0. The number of hydrogen-bond donors (Lipinski definition) is 1. The lowest BCUT2D eigenvalue weighted by atomic mass is 10.1. The van der Waals surface area contributed by atoms with Crippen molar-refractivity contribution in [1.29, 1.82) is 0 Å². The molecule has 1 unspecified atom stereocenters. The zero-order valence-corrected chi connectivity index (χ0v) is 12.9. The summed E-state index contributed by atoms with van der Waals surface area (Å²) in [5.74, 6) is 0.839. The van der Waals surface area contributed by atoms with E-state index in [1.165, 1.54) is 0 Å². The SMILES string of the molecule is COc1cccc(C(N)CN(C)Cc2cccc(C)n2)c1. The van der Waals surface area contributed by atoms with Crippen molar-refractivity contribution in [2.75, 3.05) is 20.7 Å². The van der Waals surface area contributed by atoms with Gasteiger partial charge in [-0.3, -0.25) is 9.88 Å². The van der Waals surface area contributed by atoms with E-state index in [1.807, 2.05) is 49.4 Å². The second-order valence-corrected chi connectivity index (χ2v) is 5.35. The Kier molecular flexibility index (Phi) is 5.31. The van der Waals surface area contributed by atoms with Gasteiger partial charge in [-0.15, -0.1) is 0 Å². The molecule has 0 aliphatic rings. The van der Waals surface area contributed by atoms with Gasteiger partial charge in [0.1, 0.15) is 5.75 Å². The maximum Gasteiger partial charge on any atom is 0.119 e. The molecule has 0 fully saturated rings. The van der Waals surface area contributed by atoms with Crippen molar-refractivity contribution in [2.45, 2.75) is 19.5 Å². The summed E-state index contributed by atoms with van der Waals surface area (Å²) in [4.78, 5) is 6.70. The number of methoxy groups -OCH3 is 1. The molecule has 2 rings (SSSR count). The number of rotatable bonds is 6. The third-order valence-corrected chi connectivity index (χ3v) is 3.41. The molecule has 1 aromatic carbocycles. The molecule has 1 aromatic heterocycles. The number of ether oxygens (including phenoxy) is 1. The Bertz CT molecular complexity index is 586. The Labute approximate surface area is 126 Å². The summed E-state index contributed by atoms with van der Waals surface area (Å²) >= 11 is 0. The van der Waals surface area contributed by atoms with Crippen LogP contribution < -0.4 is 10.5 Å². The summed E-state index contributed by atoms with van der Waals surface area (Å²) in [6, 6.07) is 14.0. The minimum atomic E-state index is -0.0464. The highest BCUT2D eigenvalue weighted by Gasteiger charge is 2.11. The molecule has 4 nitrogen and oxygen atoms in total. The van der Waals surface area contributed by atoms with Gasteiger partial charge in [-0.25, -0.2) is 0 Å². The van der Waals surface area contributed by atoms with E-state index < -0.39 is 0 Å². The minimum Gasteiger partial charge on any atom is -0.497 e. The van der Waals surface area contributed by atoms with Gasteiger partial charge in [-0.1, -0.05) is 18.2 Å². The second kappa shape index (κ2) is 7.20. The summed E-state index contributed by atoms with van der Waals surface area (Å²) in [7, 11) is 3.73. The number of nitrogens with zero attached hydrogens (tertiary/aromatic N) is 2. The van der Waals surface area contributed by atoms with Crippen molar-refractivity contribution in [1.82, 2.24) is 9.88 Å². The van der Waals surface area contributed by atoms with Gasteiger partial charge >= 0.3 is 0 Å². The minimum absolute atomic E-state index is 0.0464. The Morgan fingerprint density at radius 2 is 2.00 bits per heavy atom. The van der Waals surface area contributed by atoms with Crippen LogP contribution in [-0.4, -0.2) is 30.6 Å². The Balaban J connectivity index is 1.96. The maximum atomic E-state index is 6.29. The van der Waals surface area contributed by atoms with Crippen molar-refractivity contribution in [3.63, 3.8) is 0 Å². The van der Waals surface area contributed by atoms with Crippen LogP contribution in [-0.2, 0) is 6.54 Å². The van der Waals surface area contributed by atoms with Gasteiger partial charge < -0.3 is 10.5 Å². The van der Waals surface area contributed by atoms with Crippen LogP contribution in [0, 0.1) is 6.92 Å². The molecular formula is C17H23N3O. The molecule has 1 atom stereocenters. The number of aryl methyl sites for hydroxylation is 1. The summed E-state index contributed by atoms with van der Waals surface area (Å²) in [5, 5.41) is 0. The first-order valence-electron chi connectivity index (χ1n) is 7.09. The molecule has 1 heterocycles. The normalized spacial score (nSPS) is 12.4. The summed E-state index contributed by atoms with van der Waals surface area (Å²) in [6.45, 7) is 3.56. The number of pyridine rings is 1. The van der Waals surface area contributed by atoms with Gasteiger partial charge in [0, 0.05) is 24.8 Å². The molecule has 21 heavy (non-hydrogen) atoms. The van der Waals surface area contributed by atoms with Crippen LogP contribution in [0.3, 0.4) is 0 Å². The Morgan fingerprint density at radius 1 is 1.24 bits per heavy atom. The van der Waals surface area contributed by atoms with Crippen molar-refractivity contribution in [2.24, 2.45) is 5.73 Å². The van der Waals surface area contributed by atoms with Crippen molar-refractivity contribution >= 4 is 0 Å². The largest absolute Gasteiger partial charge is 0.497 e. The van der Waals surface area contributed by atoms with E-state index in [2.05, 4.69) is 16.9 Å². The van der Waals surface area contributed by atoms with E-state index in [9.17, 15) is 0 Å². The highest BCUT2D eigenvalue weighted by Crippen LogP contribution is 2.18. The number of likely N-dealkylation sites (N-methyl/N-ethyl adjacent to an activating group) is 1. The molecule has 0 bridgehead atoms. The quantitative estimate of drug-likeness (QED) is 0.886. The Morgan fingerprint density at radius 3 is 2.71 bits per heavy atom. The lowest BCUT2D eigenvalue weighted by Crippen LogP contribution is -2.29. The fourth-order valence-electron chi connectivity index (χ4n) is 2.34. The predicted octanol–water partition coefficient (Wildman–Crippen LogP) is 2.53. The third-order valence-electron chi connectivity index (χ3n) is 3.41. The average molecular weight is 285 g/mol. The van der Waals surface area contributed by atoms with Crippen LogP contribution in [0.4, 0.5) is 0 Å². The lowest BCUT2D eigenvalue weighted by Gasteiger charge is -2.21. The molecule has 0 saturated heterocycles. The number of benzene rings is 1. The van der Waals surface area contributed by atoms with E-state index in [0.717, 1.165) is 35.8 Å². The summed E-state index contributed by atoms with van der Waals surface area (Å²) < 4.78 is 5.24. The number of nitrogens with two attached hydrogens (primary N) is 1. The molecule has 0 saturated carbocycles. The summed E-state index contributed by atoms with van der Waals surface area (Å²) in [5.41, 5.74) is 9.47. The molecule has 4 heteroatoms. The highest BCUT2D eigenvalue weighted by molar-refractivity contribution is 5.30. The monoisotopic (exact) mass is 285 g/mol. The zero-order valence-electron chi connectivity index (χ0n) is 12.9. The van der Waals surface area contributed by atoms with Gasteiger partial charge in [-0.05, 0) is 43.8 Å². The van der Waals surface area contributed by atoms with E-state index in [4.69, 9.17) is 10.5 Å². The van der Waals surface area contributed by atoms with E-state index in [-0.39, 0.29) is 6.04 Å². The van der Waals surface area contributed by atoms with Gasteiger partial charge in [0.2, 0.25) is 0 Å². The standard InChI is InChI=1S/C17H23N3O/c1-13-6-4-8-15(19-13)11-20(2)12-17(18)14-7-5-9-16(10-14)21-3/h4-10,17H,11-12,18H2,1-3H3. The highest BCUT2D eigenvalue weighted by atomic mass is 16.5. The molecule has 0 spiro atoms. The Hall–Kier alpha value is -1.91. The van der Waals surface area contributed by atoms with E-state index in [0.29, 0.717) is 0 Å². The van der Waals surface area contributed by atoms with Crippen LogP contribution in [0.15, 0.2) is 42.5 Å². The molecule has 0 amide bonds. The molecular weight excluding hydrogens is 262 g/mol. The average Bonchev–Trinajstić information content (AvgIpc) is 2.47. The fourth-order valence-corrected chi connectivity index (χ4v) is 2.34. The van der Waals surface area contributed by atoms with Crippen molar-refractivity contribution in [3.05, 3.63) is 59.4 Å². The van der Waals surface area contributed by atoms with E-state index in [1.54, 1.807) is 7.11 Å². The maximum absolute atomic E-state index is 6.29. The van der Waals surface area contributed by atoms with Crippen LogP contribution in [0.1, 0.15) is 23.0 Å². The van der Waals surface area contributed by atoms with Crippen LogP contribution in [0.25, 0.3) is 0 Å². The predicted molar refractivity (Wildman–Crippen MR) is 85.2 cm³/mol. The van der Waals surface area contributed by atoms with Gasteiger partial charge in [-0.2, -0.15) is 0 Å². The number of aromatic nitrogens is 1. The smallest absolute Gasteiger partial charge is 0.119 e. The van der Waals surface area contributed by atoms with Gasteiger partial charge in [0.25, 0.3) is 0 Å². The van der Waals surface area contributed by atoms with Gasteiger partial charge in [0.05, 0.1) is 12.8 Å². The zero-order chi connectivity index (χ0) is 15.2. The molecule has 0 aliphatic heterocycles. The topological polar surface area (TPSA) is 51.4 Å². The molecule has 0 radical (unpaired) electrons. The fraction of sp³-hybridized carbons (Fsp3) is 0.353. The first kappa shape index (κ1) is 15.5. The van der Waals surface area contributed by atoms with Crippen LogP contribution >= 0.6 is 0 Å². The van der Waals surface area contributed by atoms with E-state index >= 15 is 0 Å². The molecule has 0 aliphatic carbocycles. The molecule has 2 aromatic rings. The van der Waals surface area contributed by atoms with Crippen molar-refractivity contribution in [3.8, 4) is 5.75 Å².